The molecule has 20 heavy (non-hydrogen) atoms. The molecule has 0 atom stereocenters. The minimum Gasteiger partial charge on any atom is -0.354 e. The third-order valence-electron chi connectivity index (χ3n) is 3.72. The van der Waals surface area contributed by atoms with Gasteiger partial charge in [-0.2, -0.15) is 0 Å². The Kier molecular flexibility index (Phi) is 3.04. The summed E-state index contributed by atoms with van der Waals surface area (Å²) in [6.07, 6.45) is 2.70. The Hall–Kier alpha value is -2.17. The molecule has 1 amide bonds. The quantitative estimate of drug-likeness (QED) is 0.785. The maximum absolute atomic E-state index is 13.7. The molecular weight excluding hydrogens is 262 g/mol. The molecule has 1 aliphatic heterocycles. The van der Waals surface area contributed by atoms with E-state index in [2.05, 4.69) is 0 Å². The number of fused-ring (bicyclic) bond motifs is 1. The number of aromatic nitrogens is 1. The molecule has 2 heterocycles. The van der Waals surface area contributed by atoms with Crippen molar-refractivity contribution in [2.45, 2.75) is 13.0 Å². The molecule has 2 aromatic rings. The van der Waals surface area contributed by atoms with Gasteiger partial charge in [0, 0.05) is 44.5 Å². The van der Waals surface area contributed by atoms with Crippen molar-refractivity contribution in [3.63, 3.8) is 0 Å². The summed E-state index contributed by atoms with van der Waals surface area (Å²) in [5, 5.41) is 0. The molecule has 3 rings (SSSR count). The molecule has 5 heteroatoms. The van der Waals surface area contributed by atoms with Crippen molar-refractivity contribution in [1.82, 2.24) is 9.47 Å². The van der Waals surface area contributed by atoms with E-state index in [9.17, 15) is 13.6 Å². The van der Waals surface area contributed by atoms with Crippen molar-refractivity contribution in [1.29, 1.82) is 0 Å². The van der Waals surface area contributed by atoms with Gasteiger partial charge in [0.25, 0.3) is 5.91 Å². The lowest BCUT2D eigenvalue weighted by atomic mass is 10.1. The maximum Gasteiger partial charge on any atom is 0.257 e. The van der Waals surface area contributed by atoms with Gasteiger partial charge in [-0.15, -0.1) is 0 Å². The molecule has 0 spiro atoms. The second-order valence-electron chi connectivity index (χ2n) is 5.00. The largest absolute Gasteiger partial charge is 0.354 e. The molecule has 1 aromatic carbocycles. The van der Waals surface area contributed by atoms with Crippen molar-refractivity contribution >= 4 is 5.91 Å². The predicted molar refractivity (Wildman–Crippen MR) is 70.2 cm³/mol. The average Bonchev–Trinajstić information content (AvgIpc) is 2.79. The lowest BCUT2D eigenvalue weighted by Crippen LogP contribution is -2.36. The van der Waals surface area contributed by atoms with Gasteiger partial charge in [0.2, 0.25) is 0 Å². The van der Waals surface area contributed by atoms with Gasteiger partial charge in [-0.3, -0.25) is 4.79 Å². The van der Waals surface area contributed by atoms with E-state index in [0.717, 1.165) is 24.1 Å². The summed E-state index contributed by atoms with van der Waals surface area (Å²) < 4.78 is 28.6. The smallest absolute Gasteiger partial charge is 0.257 e. The van der Waals surface area contributed by atoms with Crippen LogP contribution in [0.4, 0.5) is 8.78 Å². The summed E-state index contributed by atoms with van der Waals surface area (Å²) in [6.45, 7) is 1.01. The van der Waals surface area contributed by atoms with Gasteiger partial charge in [0.05, 0.1) is 5.56 Å². The molecule has 0 fully saturated rings. The number of nitrogens with zero attached hydrogens (tertiary/aromatic N) is 2. The molecule has 0 aliphatic carbocycles. The van der Waals surface area contributed by atoms with E-state index in [1.54, 1.807) is 4.90 Å². The standard InChI is InChI=1S/C15H14F2N2O/c1-18-6-4-10-9-19(7-5-14(10)18)15(20)12-3-2-11(16)8-13(12)17/h2-4,6,8H,5,7,9H2,1H3. The molecule has 1 aromatic heterocycles. The fraction of sp³-hybridized carbons (Fsp3) is 0.267. The van der Waals surface area contributed by atoms with E-state index in [1.807, 2.05) is 23.9 Å². The number of aryl methyl sites for hydroxylation is 1. The van der Waals surface area contributed by atoms with Crippen molar-refractivity contribution in [3.05, 3.63) is 58.9 Å². The van der Waals surface area contributed by atoms with Crippen LogP contribution in [0.2, 0.25) is 0 Å². The maximum atomic E-state index is 13.7. The van der Waals surface area contributed by atoms with Crippen molar-refractivity contribution in [2.24, 2.45) is 7.05 Å². The molecule has 0 saturated heterocycles. The van der Waals surface area contributed by atoms with Gasteiger partial charge in [-0.25, -0.2) is 8.78 Å². The van der Waals surface area contributed by atoms with E-state index in [4.69, 9.17) is 0 Å². The lowest BCUT2D eigenvalue weighted by molar-refractivity contribution is 0.0728. The molecule has 0 radical (unpaired) electrons. The Morgan fingerprint density at radius 1 is 1.25 bits per heavy atom. The van der Waals surface area contributed by atoms with Crippen LogP contribution in [0.1, 0.15) is 21.6 Å². The number of carbonyl (C=O) groups is 1. The highest BCUT2D eigenvalue weighted by Gasteiger charge is 2.25. The van der Waals surface area contributed by atoms with Gasteiger partial charge in [-0.05, 0) is 23.8 Å². The first kappa shape index (κ1) is 12.8. The number of hydrogen-bond donors (Lipinski definition) is 0. The zero-order valence-corrected chi connectivity index (χ0v) is 11.1. The topological polar surface area (TPSA) is 25.2 Å². The zero-order valence-electron chi connectivity index (χ0n) is 11.1. The molecule has 1 aliphatic rings. The third kappa shape index (κ3) is 2.09. The Morgan fingerprint density at radius 3 is 2.80 bits per heavy atom. The Morgan fingerprint density at radius 2 is 2.05 bits per heavy atom. The number of rotatable bonds is 1. The zero-order chi connectivity index (χ0) is 14.3. The van der Waals surface area contributed by atoms with Crippen molar-refractivity contribution in [2.75, 3.05) is 6.54 Å². The minimum atomic E-state index is -0.811. The van der Waals surface area contributed by atoms with Crippen molar-refractivity contribution in [3.8, 4) is 0 Å². The highest BCUT2D eigenvalue weighted by Crippen LogP contribution is 2.22. The highest BCUT2D eigenvalue weighted by atomic mass is 19.1. The summed E-state index contributed by atoms with van der Waals surface area (Å²) in [7, 11) is 1.97. The summed E-state index contributed by atoms with van der Waals surface area (Å²) in [5.41, 5.74) is 2.20. The van der Waals surface area contributed by atoms with Crippen LogP contribution >= 0.6 is 0 Å². The van der Waals surface area contributed by atoms with Crippen LogP contribution in [0.5, 0.6) is 0 Å². The van der Waals surface area contributed by atoms with Crippen LogP contribution in [-0.4, -0.2) is 21.9 Å². The van der Waals surface area contributed by atoms with Gasteiger partial charge in [0.15, 0.2) is 0 Å². The molecule has 0 bridgehead atoms. The Labute approximate surface area is 115 Å². The Bertz CT molecular complexity index is 679. The van der Waals surface area contributed by atoms with Crippen LogP contribution in [0.25, 0.3) is 0 Å². The van der Waals surface area contributed by atoms with E-state index in [-0.39, 0.29) is 5.56 Å². The summed E-state index contributed by atoms with van der Waals surface area (Å²) in [6, 6.07) is 5.02. The fourth-order valence-corrected chi connectivity index (χ4v) is 2.63. The Balaban J connectivity index is 1.85. The molecule has 0 N–H and O–H groups in total. The molecule has 3 nitrogen and oxygen atoms in total. The van der Waals surface area contributed by atoms with Gasteiger partial charge >= 0.3 is 0 Å². The van der Waals surface area contributed by atoms with E-state index in [0.29, 0.717) is 13.1 Å². The van der Waals surface area contributed by atoms with Gasteiger partial charge in [-0.1, -0.05) is 0 Å². The SMILES string of the molecule is Cn1ccc2c1CCN(C(=O)c1ccc(F)cc1F)C2. The number of halogens is 2. The van der Waals surface area contributed by atoms with Gasteiger partial charge < -0.3 is 9.47 Å². The molecule has 104 valence electrons. The summed E-state index contributed by atoms with van der Waals surface area (Å²) in [5.74, 6) is -1.88. The molecule has 0 unspecified atom stereocenters. The minimum absolute atomic E-state index is 0.0780. The number of carbonyl (C=O) groups excluding carboxylic acids is 1. The van der Waals surface area contributed by atoms with Gasteiger partial charge in [0.1, 0.15) is 11.6 Å². The first-order valence-corrected chi connectivity index (χ1v) is 6.43. The van der Waals surface area contributed by atoms with Crippen LogP contribution in [0.15, 0.2) is 30.5 Å². The first-order valence-electron chi connectivity index (χ1n) is 6.43. The van der Waals surface area contributed by atoms with E-state index >= 15 is 0 Å². The monoisotopic (exact) mass is 276 g/mol. The summed E-state index contributed by atoms with van der Waals surface area (Å²) >= 11 is 0. The van der Waals surface area contributed by atoms with Crippen LogP contribution < -0.4 is 0 Å². The van der Waals surface area contributed by atoms with E-state index in [1.165, 1.54) is 11.8 Å². The van der Waals surface area contributed by atoms with E-state index < -0.39 is 17.5 Å². The predicted octanol–water partition coefficient (Wildman–Crippen LogP) is 2.50. The highest BCUT2D eigenvalue weighted by molar-refractivity contribution is 5.94. The summed E-state index contributed by atoms with van der Waals surface area (Å²) in [4.78, 5) is 13.9. The number of amides is 1. The molecular formula is C15H14F2N2O. The number of benzene rings is 1. The first-order chi connectivity index (χ1) is 9.56. The normalized spacial score (nSPS) is 14.2. The fourth-order valence-electron chi connectivity index (χ4n) is 2.63. The number of hydrogen-bond acceptors (Lipinski definition) is 1. The van der Waals surface area contributed by atoms with Crippen LogP contribution in [0, 0.1) is 11.6 Å². The second kappa shape index (κ2) is 4.74. The van der Waals surface area contributed by atoms with Crippen LogP contribution in [0.3, 0.4) is 0 Å². The average molecular weight is 276 g/mol. The second-order valence-corrected chi connectivity index (χ2v) is 5.00. The van der Waals surface area contributed by atoms with Crippen molar-refractivity contribution < 1.29 is 13.6 Å². The lowest BCUT2D eigenvalue weighted by Gasteiger charge is -2.28. The molecule has 0 saturated carbocycles. The van der Waals surface area contributed by atoms with Crippen LogP contribution in [-0.2, 0) is 20.0 Å². The third-order valence-corrected chi connectivity index (χ3v) is 3.72.